The van der Waals surface area contributed by atoms with Gasteiger partial charge >= 0.3 is 0 Å². The second-order valence-corrected chi connectivity index (χ2v) is 6.55. The predicted octanol–water partition coefficient (Wildman–Crippen LogP) is 3.17. The number of sulfone groups is 1. The Hall–Kier alpha value is -1.66. The van der Waals surface area contributed by atoms with Crippen molar-refractivity contribution >= 4 is 27.1 Å². The summed E-state index contributed by atoms with van der Waals surface area (Å²) in [6.07, 6.45) is 0. The first-order chi connectivity index (χ1) is 9.29. The van der Waals surface area contributed by atoms with E-state index in [1.807, 2.05) is 0 Å². The van der Waals surface area contributed by atoms with E-state index in [0.29, 0.717) is 16.7 Å². The van der Waals surface area contributed by atoms with Crippen molar-refractivity contribution in [2.75, 3.05) is 5.73 Å². The SMILES string of the molecule is Nc1cc(CS(=O)(=O)c2cc(F)ccc2F)ccc1Cl. The van der Waals surface area contributed by atoms with E-state index in [2.05, 4.69) is 0 Å². The molecule has 7 heteroatoms. The van der Waals surface area contributed by atoms with Crippen LogP contribution in [0.25, 0.3) is 0 Å². The van der Waals surface area contributed by atoms with Crippen LogP contribution in [0.3, 0.4) is 0 Å². The molecule has 3 nitrogen and oxygen atoms in total. The van der Waals surface area contributed by atoms with Crippen molar-refractivity contribution in [2.24, 2.45) is 0 Å². The summed E-state index contributed by atoms with van der Waals surface area (Å²) in [5.41, 5.74) is 6.14. The molecule has 0 fully saturated rings. The second-order valence-electron chi connectivity index (χ2n) is 4.19. The summed E-state index contributed by atoms with van der Waals surface area (Å²) in [4.78, 5) is -0.675. The molecule has 0 atom stereocenters. The quantitative estimate of drug-likeness (QED) is 0.884. The fourth-order valence-electron chi connectivity index (χ4n) is 1.70. The molecular formula is C13H10ClF2NO2S. The van der Waals surface area contributed by atoms with Gasteiger partial charge in [0.1, 0.15) is 16.5 Å². The molecular weight excluding hydrogens is 308 g/mol. The number of nitrogen functional groups attached to an aromatic ring is 1. The lowest BCUT2D eigenvalue weighted by Crippen LogP contribution is -2.08. The Balaban J connectivity index is 2.40. The van der Waals surface area contributed by atoms with Crippen LogP contribution in [0.1, 0.15) is 5.56 Å². The maximum atomic E-state index is 13.5. The number of anilines is 1. The van der Waals surface area contributed by atoms with Crippen LogP contribution in [0.2, 0.25) is 5.02 Å². The molecule has 0 bridgehead atoms. The maximum Gasteiger partial charge on any atom is 0.185 e. The van der Waals surface area contributed by atoms with Gasteiger partial charge in [0.05, 0.1) is 16.5 Å². The molecule has 2 N–H and O–H groups in total. The largest absolute Gasteiger partial charge is 0.398 e. The van der Waals surface area contributed by atoms with Gasteiger partial charge in [0.15, 0.2) is 9.84 Å². The Labute approximate surface area is 119 Å². The minimum Gasteiger partial charge on any atom is -0.398 e. The van der Waals surface area contributed by atoms with Crippen LogP contribution < -0.4 is 5.73 Å². The van der Waals surface area contributed by atoms with Crippen LogP contribution >= 0.6 is 11.6 Å². The fraction of sp³-hybridized carbons (Fsp3) is 0.0769. The van der Waals surface area contributed by atoms with E-state index in [1.54, 1.807) is 0 Å². The minimum atomic E-state index is -4.01. The van der Waals surface area contributed by atoms with Crippen LogP contribution in [-0.4, -0.2) is 8.42 Å². The lowest BCUT2D eigenvalue weighted by Gasteiger charge is -2.07. The van der Waals surface area contributed by atoms with E-state index in [0.717, 1.165) is 12.1 Å². The van der Waals surface area contributed by atoms with E-state index >= 15 is 0 Å². The molecule has 2 rings (SSSR count). The van der Waals surface area contributed by atoms with Gasteiger partial charge in [-0.2, -0.15) is 0 Å². The number of halogens is 3. The van der Waals surface area contributed by atoms with Gasteiger partial charge in [0.25, 0.3) is 0 Å². The third kappa shape index (κ3) is 3.08. The average Bonchev–Trinajstić information content (AvgIpc) is 2.36. The number of hydrogen-bond donors (Lipinski definition) is 1. The zero-order valence-corrected chi connectivity index (χ0v) is 11.7. The van der Waals surface area contributed by atoms with E-state index in [9.17, 15) is 17.2 Å². The van der Waals surface area contributed by atoms with E-state index in [-0.39, 0.29) is 5.69 Å². The Morgan fingerprint density at radius 3 is 2.45 bits per heavy atom. The highest BCUT2D eigenvalue weighted by atomic mass is 35.5. The van der Waals surface area contributed by atoms with Gasteiger partial charge < -0.3 is 5.73 Å². The molecule has 20 heavy (non-hydrogen) atoms. The van der Waals surface area contributed by atoms with Gasteiger partial charge in [0.2, 0.25) is 0 Å². The minimum absolute atomic E-state index is 0.221. The summed E-state index contributed by atoms with van der Waals surface area (Å²) in [6.45, 7) is 0. The molecule has 0 aliphatic heterocycles. The van der Waals surface area contributed by atoms with Crippen molar-refractivity contribution in [1.29, 1.82) is 0 Å². The molecule has 0 heterocycles. The van der Waals surface area contributed by atoms with Gasteiger partial charge in [0, 0.05) is 0 Å². The van der Waals surface area contributed by atoms with Crippen molar-refractivity contribution in [2.45, 2.75) is 10.6 Å². The molecule has 2 aromatic carbocycles. The molecule has 0 aliphatic rings. The molecule has 0 unspecified atom stereocenters. The standard InChI is InChI=1S/C13H10ClF2NO2S/c14-10-3-1-8(5-12(10)17)7-20(18,19)13-6-9(15)2-4-11(13)16/h1-6H,7,17H2. The maximum absolute atomic E-state index is 13.5. The fourth-order valence-corrected chi connectivity index (χ4v) is 3.24. The zero-order chi connectivity index (χ0) is 14.9. The summed E-state index contributed by atoms with van der Waals surface area (Å²) in [7, 11) is -4.01. The summed E-state index contributed by atoms with van der Waals surface area (Å²) in [5.74, 6) is -2.30. The van der Waals surface area contributed by atoms with Crippen molar-refractivity contribution in [1.82, 2.24) is 0 Å². The predicted molar refractivity (Wildman–Crippen MR) is 73.1 cm³/mol. The van der Waals surface area contributed by atoms with Crippen molar-refractivity contribution in [3.05, 3.63) is 58.6 Å². The third-order valence-electron chi connectivity index (χ3n) is 2.65. The summed E-state index contributed by atoms with van der Waals surface area (Å²) in [6, 6.07) is 6.59. The van der Waals surface area contributed by atoms with Crippen molar-refractivity contribution in [3.63, 3.8) is 0 Å². The molecule has 106 valence electrons. The van der Waals surface area contributed by atoms with Gasteiger partial charge in [-0.15, -0.1) is 0 Å². The Morgan fingerprint density at radius 2 is 1.80 bits per heavy atom. The smallest absolute Gasteiger partial charge is 0.185 e. The first kappa shape index (κ1) is 14.7. The van der Waals surface area contributed by atoms with Crippen molar-refractivity contribution < 1.29 is 17.2 Å². The molecule has 0 spiro atoms. The molecule has 0 saturated carbocycles. The molecule has 2 aromatic rings. The van der Waals surface area contributed by atoms with E-state index < -0.39 is 32.1 Å². The highest BCUT2D eigenvalue weighted by molar-refractivity contribution is 7.90. The van der Waals surface area contributed by atoms with E-state index in [1.165, 1.54) is 18.2 Å². The Kier molecular flexibility index (Phi) is 3.96. The topological polar surface area (TPSA) is 60.2 Å². The lowest BCUT2D eigenvalue weighted by molar-refractivity contribution is 0.553. The monoisotopic (exact) mass is 317 g/mol. The van der Waals surface area contributed by atoms with Crippen LogP contribution in [-0.2, 0) is 15.6 Å². The van der Waals surface area contributed by atoms with Gasteiger partial charge in [-0.05, 0) is 35.9 Å². The second kappa shape index (κ2) is 5.38. The van der Waals surface area contributed by atoms with Crippen molar-refractivity contribution in [3.8, 4) is 0 Å². The molecule has 0 saturated heterocycles. The highest BCUT2D eigenvalue weighted by Crippen LogP contribution is 2.24. The zero-order valence-electron chi connectivity index (χ0n) is 10.1. The number of nitrogens with two attached hydrogens (primary N) is 1. The Bertz CT molecular complexity index is 763. The lowest BCUT2D eigenvalue weighted by atomic mass is 10.2. The first-order valence-electron chi connectivity index (χ1n) is 5.51. The number of benzene rings is 2. The van der Waals surface area contributed by atoms with Gasteiger partial charge in [-0.25, -0.2) is 17.2 Å². The normalized spacial score (nSPS) is 11.6. The number of hydrogen-bond acceptors (Lipinski definition) is 3. The molecule has 0 aliphatic carbocycles. The Morgan fingerprint density at radius 1 is 1.10 bits per heavy atom. The first-order valence-corrected chi connectivity index (χ1v) is 7.54. The van der Waals surface area contributed by atoms with E-state index in [4.69, 9.17) is 17.3 Å². The third-order valence-corrected chi connectivity index (χ3v) is 4.69. The molecule has 0 aromatic heterocycles. The molecule has 0 amide bonds. The van der Waals surface area contributed by atoms with Crippen LogP contribution in [0.4, 0.5) is 14.5 Å². The van der Waals surface area contributed by atoms with Crippen LogP contribution in [0.15, 0.2) is 41.3 Å². The number of rotatable bonds is 3. The van der Waals surface area contributed by atoms with Gasteiger partial charge in [-0.3, -0.25) is 0 Å². The van der Waals surface area contributed by atoms with Gasteiger partial charge in [-0.1, -0.05) is 17.7 Å². The van der Waals surface area contributed by atoms with Crippen LogP contribution in [0.5, 0.6) is 0 Å². The van der Waals surface area contributed by atoms with Crippen LogP contribution in [0, 0.1) is 11.6 Å². The summed E-state index contributed by atoms with van der Waals surface area (Å²) < 4.78 is 50.8. The summed E-state index contributed by atoms with van der Waals surface area (Å²) >= 11 is 5.73. The molecule has 0 radical (unpaired) electrons. The highest BCUT2D eigenvalue weighted by Gasteiger charge is 2.21. The average molecular weight is 318 g/mol. The summed E-state index contributed by atoms with van der Waals surface area (Å²) in [5, 5.41) is 0.295.